The van der Waals surface area contributed by atoms with Crippen LogP contribution in [0.1, 0.15) is 35.4 Å². The quantitative estimate of drug-likeness (QED) is 0.769. The number of aryl methyl sites for hydroxylation is 2. The van der Waals surface area contributed by atoms with Gasteiger partial charge in [0.2, 0.25) is 5.91 Å². The molecular formula is C21H24N2O5. The summed E-state index contributed by atoms with van der Waals surface area (Å²) < 4.78 is 10.9. The summed E-state index contributed by atoms with van der Waals surface area (Å²) in [5.41, 5.74) is 2.62. The van der Waals surface area contributed by atoms with E-state index in [9.17, 15) is 9.59 Å². The minimum Gasteiger partial charge on any atom is -0.489 e. The average molecular weight is 384 g/mol. The van der Waals surface area contributed by atoms with E-state index in [1.54, 1.807) is 11.0 Å². The Labute approximate surface area is 163 Å². The highest BCUT2D eigenvalue weighted by Gasteiger charge is 2.27. The molecule has 1 aromatic heterocycles. The maximum absolute atomic E-state index is 12.3. The summed E-state index contributed by atoms with van der Waals surface area (Å²) in [6.45, 7) is 4.98. The molecule has 1 N–H and O–H groups in total. The van der Waals surface area contributed by atoms with E-state index < -0.39 is 11.9 Å². The summed E-state index contributed by atoms with van der Waals surface area (Å²) in [5, 5.41) is 13.0. The molecule has 0 spiro atoms. The molecule has 0 radical (unpaired) electrons. The Hall–Kier alpha value is -3.09. The fourth-order valence-electron chi connectivity index (χ4n) is 3.19. The molecule has 148 valence electrons. The first-order valence-electron chi connectivity index (χ1n) is 9.28. The van der Waals surface area contributed by atoms with Crippen LogP contribution in [0.5, 0.6) is 5.75 Å². The van der Waals surface area contributed by atoms with E-state index in [1.165, 1.54) is 6.08 Å². The van der Waals surface area contributed by atoms with E-state index in [4.69, 9.17) is 14.4 Å². The lowest BCUT2D eigenvalue weighted by Crippen LogP contribution is -2.41. The van der Waals surface area contributed by atoms with Gasteiger partial charge < -0.3 is 19.3 Å². The van der Waals surface area contributed by atoms with Crippen molar-refractivity contribution in [2.75, 3.05) is 13.1 Å². The number of benzene rings is 1. The van der Waals surface area contributed by atoms with Crippen molar-refractivity contribution in [1.82, 2.24) is 10.1 Å². The van der Waals surface area contributed by atoms with Gasteiger partial charge in [0, 0.05) is 19.2 Å². The third-order valence-electron chi connectivity index (χ3n) is 4.95. The van der Waals surface area contributed by atoms with Crippen LogP contribution < -0.4 is 4.74 Å². The number of piperidine rings is 1. The van der Waals surface area contributed by atoms with Crippen LogP contribution in [0.4, 0.5) is 0 Å². The monoisotopic (exact) mass is 384 g/mol. The number of hydrogen-bond donors (Lipinski definition) is 1. The van der Waals surface area contributed by atoms with Crippen molar-refractivity contribution in [3.63, 3.8) is 0 Å². The van der Waals surface area contributed by atoms with Gasteiger partial charge in [0.1, 0.15) is 18.1 Å². The highest BCUT2D eigenvalue weighted by Crippen LogP contribution is 2.19. The van der Waals surface area contributed by atoms with E-state index in [0.717, 1.165) is 22.6 Å². The molecule has 0 bridgehead atoms. The van der Waals surface area contributed by atoms with Gasteiger partial charge in [-0.2, -0.15) is 0 Å². The van der Waals surface area contributed by atoms with Crippen LogP contribution in [0.2, 0.25) is 0 Å². The van der Waals surface area contributed by atoms with E-state index in [0.29, 0.717) is 31.7 Å². The second-order valence-corrected chi connectivity index (χ2v) is 6.96. The van der Waals surface area contributed by atoms with Crippen molar-refractivity contribution >= 4 is 18.0 Å². The zero-order valence-corrected chi connectivity index (χ0v) is 16.1. The number of nitrogens with zero attached hydrogens (tertiary/aromatic N) is 2. The molecule has 1 saturated heterocycles. The predicted molar refractivity (Wildman–Crippen MR) is 103 cm³/mol. The van der Waals surface area contributed by atoms with Crippen LogP contribution in [0.25, 0.3) is 6.08 Å². The van der Waals surface area contributed by atoms with E-state index in [2.05, 4.69) is 5.16 Å². The number of carboxylic acids is 1. The Morgan fingerprint density at radius 1 is 1.32 bits per heavy atom. The maximum Gasteiger partial charge on any atom is 0.308 e. The third-order valence-corrected chi connectivity index (χ3v) is 4.95. The van der Waals surface area contributed by atoms with Crippen LogP contribution in [-0.4, -0.2) is 40.1 Å². The third kappa shape index (κ3) is 4.79. The second-order valence-electron chi connectivity index (χ2n) is 6.96. The summed E-state index contributed by atoms with van der Waals surface area (Å²) >= 11 is 0. The van der Waals surface area contributed by atoms with E-state index >= 15 is 0 Å². The highest BCUT2D eigenvalue weighted by molar-refractivity contribution is 5.92. The SMILES string of the molecule is Cc1noc(C)c1COc1ccc(C=CC(=O)N2CCCC(C(=O)O)C2)cc1. The van der Waals surface area contributed by atoms with Crippen molar-refractivity contribution in [2.45, 2.75) is 33.3 Å². The minimum absolute atomic E-state index is 0.162. The van der Waals surface area contributed by atoms with Crippen LogP contribution in [-0.2, 0) is 16.2 Å². The van der Waals surface area contributed by atoms with Gasteiger partial charge in [0.15, 0.2) is 0 Å². The smallest absolute Gasteiger partial charge is 0.308 e. The number of aliphatic carboxylic acids is 1. The Bertz CT molecular complexity index is 850. The van der Waals surface area contributed by atoms with Crippen molar-refractivity contribution in [3.8, 4) is 5.75 Å². The van der Waals surface area contributed by atoms with E-state index in [-0.39, 0.29) is 12.5 Å². The van der Waals surface area contributed by atoms with Crippen molar-refractivity contribution in [2.24, 2.45) is 5.92 Å². The Morgan fingerprint density at radius 2 is 2.07 bits per heavy atom. The Balaban J connectivity index is 1.54. The average Bonchev–Trinajstić information content (AvgIpc) is 3.03. The molecule has 1 amide bonds. The number of likely N-dealkylation sites (tertiary alicyclic amines) is 1. The van der Waals surface area contributed by atoms with Gasteiger partial charge in [0.05, 0.1) is 17.2 Å². The first-order chi connectivity index (χ1) is 13.4. The Kier molecular flexibility index (Phi) is 6.13. The number of hydrogen-bond acceptors (Lipinski definition) is 5. The number of rotatable bonds is 6. The lowest BCUT2D eigenvalue weighted by Gasteiger charge is -2.29. The molecule has 1 atom stereocenters. The number of carboxylic acid groups (broad SMARTS) is 1. The predicted octanol–water partition coefficient (Wildman–Crippen LogP) is 3.21. The van der Waals surface area contributed by atoms with Gasteiger partial charge in [-0.25, -0.2) is 0 Å². The first kappa shape index (κ1) is 19.7. The summed E-state index contributed by atoms with van der Waals surface area (Å²) in [7, 11) is 0. The molecule has 0 saturated carbocycles. The van der Waals surface area contributed by atoms with Crippen LogP contribution >= 0.6 is 0 Å². The lowest BCUT2D eigenvalue weighted by atomic mass is 9.98. The highest BCUT2D eigenvalue weighted by atomic mass is 16.5. The topological polar surface area (TPSA) is 92.9 Å². The number of aromatic nitrogens is 1. The molecule has 1 fully saturated rings. The molecule has 2 heterocycles. The normalized spacial score (nSPS) is 17.1. The molecule has 2 aromatic rings. The fourth-order valence-corrected chi connectivity index (χ4v) is 3.19. The fraction of sp³-hybridized carbons (Fsp3) is 0.381. The maximum atomic E-state index is 12.3. The van der Waals surface area contributed by atoms with Gasteiger partial charge in [-0.05, 0) is 50.5 Å². The van der Waals surface area contributed by atoms with Crippen molar-refractivity contribution < 1.29 is 24.0 Å². The first-order valence-corrected chi connectivity index (χ1v) is 9.28. The largest absolute Gasteiger partial charge is 0.489 e. The number of carbonyl (C=O) groups excluding carboxylic acids is 1. The van der Waals surface area contributed by atoms with Gasteiger partial charge in [-0.1, -0.05) is 17.3 Å². The van der Waals surface area contributed by atoms with E-state index in [1.807, 2.05) is 38.1 Å². The molecule has 7 nitrogen and oxygen atoms in total. The van der Waals surface area contributed by atoms with Gasteiger partial charge in [-0.3, -0.25) is 9.59 Å². The number of carbonyl (C=O) groups is 2. The molecule has 28 heavy (non-hydrogen) atoms. The van der Waals surface area contributed by atoms with Gasteiger partial charge >= 0.3 is 5.97 Å². The molecule has 1 aliphatic heterocycles. The lowest BCUT2D eigenvalue weighted by molar-refractivity contribution is -0.144. The number of ether oxygens (including phenoxy) is 1. The van der Waals surface area contributed by atoms with Crippen LogP contribution in [0.15, 0.2) is 34.9 Å². The van der Waals surface area contributed by atoms with Crippen LogP contribution in [0, 0.1) is 19.8 Å². The number of amides is 1. The molecule has 7 heteroatoms. The molecule has 1 aromatic carbocycles. The summed E-state index contributed by atoms with van der Waals surface area (Å²) in [6, 6.07) is 7.40. The summed E-state index contributed by atoms with van der Waals surface area (Å²) in [5.74, 6) is -0.0132. The molecule has 1 unspecified atom stereocenters. The van der Waals surface area contributed by atoms with Gasteiger partial charge in [-0.15, -0.1) is 0 Å². The zero-order valence-electron chi connectivity index (χ0n) is 16.1. The standard InChI is InChI=1S/C21H24N2O5/c1-14-19(15(2)28-22-14)13-27-18-8-5-16(6-9-18)7-10-20(24)23-11-3-4-17(12-23)21(25)26/h5-10,17H,3-4,11-13H2,1-2H3,(H,25,26). The Morgan fingerprint density at radius 3 is 2.71 bits per heavy atom. The summed E-state index contributed by atoms with van der Waals surface area (Å²) in [6.07, 6.45) is 4.56. The molecule has 1 aliphatic rings. The molecule has 0 aliphatic carbocycles. The van der Waals surface area contributed by atoms with Crippen LogP contribution in [0.3, 0.4) is 0 Å². The van der Waals surface area contributed by atoms with Gasteiger partial charge in [0.25, 0.3) is 0 Å². The minimum atomic E-state index is -0.839. The summed E-state index contributed by atoms with van der Waals surface area (Å²) in [4.78, 5) is 25.0. The second kappa shape index (κ2) is 8.73. The van der Waals surface area contributed by atoms with Crippen molar-refractivity contribution in [3.05, 3.63) is 52.9 Å². The zero-order chi connectivity index (χ0) is 20.1. The molecular weight excluding hydrogens is 360 g/mol. The molecule has 3 rings (SSSR count). The van der Waals surface area contributed by atoms with Crippen molar-refractivity contribution in [1.29, 1.82) is 0 Å².